The van der Waals surface area contributed by atoms with Crippen LogP contribution in [-0.2, 0) is 6.61 Å². The van der Waals surface area contributed by atoms with Crippen molar-refractivity contribution in [1.29, 1.82) is 0 Å². The Bertz CT molecular complexity index is 374. The van der Waals surface area contributed by atoms with E-state index in [-0.39, 0.29) is 6.61 Å². The smallest absolute Gasteiger partial charge is 0.0703 e. The lowest BCUT2D eigenvalue weighted by molar-refractivity contribution is 0.282. The van der Waals surface area contributed by atoms with E-state index in [2.05, 4.69) is 22.9 Å². The summed E-state index contributed by atoms with van der Waals surface area (Å²) in [6.07, 6.45) is 6.91. The summed E-state index contributed by atoms with van der Waals surface area (Å²) >= 11 is 0. The Morgan fingerprint density at radius 3 is 3.13 bits per heavy atom. The van der Waals surface area contributed by atoms with E-state index < -0.39 is 0 Å². The maximum atomic E-state index is 9.25. The van der Waals surface area contributed by atoms with Crippen LogP contribution in [0.3, 0.4) is 0 Å². The van der Waals surface area contributed by atoms with Gasteiger partial charge in [-0.25, -0.2) is 0 Å². The molecule has 0 unspecified atom stereocenters. The number of pyridine rings is 1. The summed E-state index contributed by atoms with van der Waals surface area (Å²) in [5.41, 5.74) is 3.40. The number of rotatable bonds is 2. The molecule has 1 aromatic heterocycles. The molecule has 1 aromatic rings. The van der Waals surface area contributed by atoms with Gasteiger partial charge in [0.05, 0.1) is 18.5 Å². The molecule has 1 N–H and O–H groups in total. The molecule has 0 spiro atoms. The fourth-order valence-corrected chi connectivity index (χ4v) is 1.95. The number of aliphatic hydroxyl groups is 1. The van der Waals surface area contributed by atoms with E-state index in [0.29, 0.717) is 0 Å². The van der Waals surface area contributed by atoms with Crippen LogP contribution in [0.4, 0.5) is 5.69 Å². The minimum atomic E-state index is 0.0805. The van der Waals surface area contributed by atoms with Crippen molar-refractivity contribution in [2.24, 2.45) is 0 Å². The Morgan fingerprint density at radius 2 is 2.40 bits per heavy atom. The van der Waals surface area contributed by atoms with E-state index >= 15 is 0 Å². The van der Waals surface area contributed by atoms with Crippen molar-refractivity contribution < 1.29 is 5.11 Å². The number of hydrogen-bond donors (Lipinski definition) is 1. The Hall–Kier alpha value is -1.35. The fourth-order valence-electron chi connectivity index (χ4n) is 1.95. The van der Waals surface area contributed by atoms with Crippen LogP contribution < -0.4 is 4.90 Å². The van der Waals surface area contributed by atoms with Gasteiger partial charge < -0.3 is 10.0 Å². The van der Waals surface area contributed by atoms with E-state index in [1.165, 1.54) is 5.57 Å². The van der Waals surface area contributed by atoms with Crippen molar-refractivity contribution in [2.45, 2.75) is 20.0 Å². The van der Waals surface area contributed by atoms with Gasteiger partial charge in [0, 0.05) is 24.8 Å². The van der Waals surface area contributed by atoms with Crippen molar-refractivity contribution in [3.05, 3.63) is 35.7 Å². The summed E-state index contributed by atoms with van der Waals surface area (Å²) < 4.78 is 0. The van der Waals surface area contributed by atoms with Crippen molar-refractivity contribution in [2.75, 3.05) is 18.0 Å². The van der Waals surface area contributed by atoms with E-state index in [1.807, 2.05) is 12.3 Å². The highest BCUT2D eigenvalue weighted by Crippen LogP contribution is 2.22. The first kappa shape index (κ1) is 10.2. The molecule has 1 aliphatic rings. The third kappa shape index (κ3) is 2.18. The van der Waals surface area contributed by atoms with E-state index in [9.17, 15) is 5.11 Å². The molecule has 0 aromatic carbocycles. The lowest BCUT2D eigenvalue weighted by Crippen LogP contribution is -2.30. The fraction of sp³-hybridized carbons (Fsp3) is 0.417. The summed E-state index contributed by atoms with van der Waals surface area (Å²) in [4.78, 5) is 6.39. The molecule has 2 heterocycles. The Labute approximate surface area is 90.1 Å². The van der Waals surface area contributed by atoms with Gasteiger partial charge in [-0.2, -0.15) is 0 Å². The highest BCUT2D eigenvalue weighted by molar-refractivity contribution is 5.53. The second-order valence-corrected chi connectivity index (χ2v) is 3.92. The molecule has 0 bridgehead atoms. The van der Waals surface area contributed by atoms with Gasteiger partial charge in [-0.05, 0) is 19.4 Å². The molecule has 0 radical (unpaired) electrons. The van der Waals surface area contributed by atoms with Gasteiger partial charge in [0.2, 0.25) is 0 Å². The Balaban J connectivity index is 2.25. The average Bonchev–Trinajstić information content (AvgIpc) is 2.29. The predicted molar refractivity (Wildman–Crippen MR) is 60.7 cm³/mol. The summed E-state index contributed by atoms with van der Waals surface area (Å²) in [5.74, 6) is 0. The Kier molecular flexibility index (Phi) is 3.02. The van der Waals surface area contributed by atoms with Crippen molar-refractivity contribution in [3.8, 4) is 0 Å². The first-order chi connectivity index (χ1) is 7.31. The summed E-state index contributed by atoms with van der Waals surface area (Å²) in [7, 11) is 0. The number of aromatic nitrogens is 1. The SMILES string of the molecule is CC1=CCCN(c2cnccc2CO)C1. The lowest BCUT2D eigenvalue weighted by Gasteiger charge is -2.29. The highest BCUT2D eigenvalue weighted by Gasteiger charge is 2.13. The molecule has 0 fully saturated rings. The maximum Gasteiger partial charge on any atom is 0.0703 e. The molecule has 3 nitrogen and oxygen atoms in total. The predicted octanol–water partition coefficient (Wildman–Crippen LogP) is 1.73. The lowest BCUT2D eigenvalue weighted by atomic mass is 10.1. The van der Waals surface area contributed by atoms with Crippen LogP contribution in [0.1, 0.15) is 18.9 Å². The zero-order chi connectivity index (χ0) is 10.7. The van der Waals surface area contributed by atoms with Crippen molar-refractivity contribution in [1.82, 2.24) is 4.98 Å². The number of anilines is 1. The zero-order valence-electron chi connectivity index (χ0n) is 8.98. The molecular weight excluding hydrogens is 188 g/mol. The van der Waals surface area contributed by atoms with Crippen LogP contribution in [-0.4, -0.2) is 23.2 Å². The zero-order valence-corrected chi connectivity index (χ0v) is 8.98. The van der Waals surface area contributed by atoms with E-state index in [4.69, 9.17) is 0 Å². The molecule has 0 aliphatic carbocycles. The van der Waals surface area contributed by atoms with Crippen LogP contribution in [0.25, 0.3) is 0 Å². The van der Waals surface area contributed by atoms with Gasteiger partial charge in [-0.1, -0.05) is 11.6 Å². The molecule has 1 aliphatic heterocycles. The van der Waals surface area contributed by atoms with Gasteiger partial charge in [0.15, 0.2) is 0 Å². The molecule has 0 amide bonds. The highest BCUT2D eigenvalue weighted by atomic mass is 16.3. The van der Waals surface area contributed by atoms with Gasteiger partial charge in [0.1, 0.15) is 0 Å². The van der Waals surface area contributed by atoms with Gasteiger partial charge in [-0.3, -0.25) is 4.98 Å². The molecule has 3 heteroatoms. The van der Waals surface area contributed by atoms with E-state index in [1.54, 1.807) is 6.20 Å². The van der Waals surface area contributed by atoms with Crippen molar-refractivity contribution >= 4 is 5.69 Å². The molecule has 2 rings (SSSR count). The second kappa shape index (κ2) is 4.45. The normalized spacial score (nSPS) is 16.4. The minimum Gasteiger partial charge on any atom is -0.392 e. The topological polar surface area (TPSA) is 36.4 Å². The molecule has 15 heavy (non-hydrogen) atoms. The molecular formula is C12H16N2O. The summed E-state index contributed by atoms with van der Waals surface area (Å²) in [5, 5.41) is 9.25. The second-order valence-electron chi connectivity index (χ2n) is 3.92. The number of aliphatic hydroxyl groups excluding tert-OH is 1. The van der Waals surface area contributed by atoms with Gasteiger partial charge >= 0.3 is 0 Å². The van der Waals surface area contributed by atoms with Gasteiger partial charge in [-0.15, -0.1) is 0 Å². The molecule has 0 atom stereocenters. The van der Waals surface area contributed by atoms with Crippen LogP contribution >= 0.6 is 0 Å². The minimum absolute atomic E-state index is 0.0805. The summed E-state index contributed by atoms with van der Waals surface area (Å²) in [6.45, 7) is 4.17. The van der Waals surface area contributed by atoms with Gasteiger partial charge in [0.25, 0.3) is 0 Å². The molecule has 80 valence electrons. The molecule has 0 saturated carbocycles. The average molecular weight is 204 g/mol. The largest absolute Gasteiger partial charge is 0.392 e. The van der Waals surface area contributed by atoms with Crippen LogP contribution in [0.2, 0.25) is 0 Å². The van der Waals surface area contributed by atoms with Crippen LogP contribution in [0.15, 0.2) is 30.1 Å². The first-order valence-corrected chi connectivity index (χ1v) is 5.25. The third-order valence-corrected chi connectivity index (χ3v) is 2.73. The van der Waals surface area contributed by atoms with Crippen LogP contribution in [0.5, 0.6) is 0 Å². The van der Waals surface area contributed by atoms with Crippen molar-refractivity contribution in [3.63, 3.8) is 0 Å². The number of hydrogen-bond acceptors (Lipinski definition) is 3. The van der Waals surface area contributed by atoms with Crippen LogP contribution in [0, 0.1) is 0 Å². The monoisotopic (exact) mass is 204 g/mol. The molecule has 0 saturated heterocycles. The third-order valence-electron chi connectivity index (χ3n) is 2.73. The standard InChI is InChI=1S/C12H16N2O/c1-10-3-2-6-14(8-10)12-7-13-5-4-11(12)9-15/h3-5,7,15H,2,6,8-9H2,1H3. The Morgan fingerprint density at radius 1 is 1.53 bits per heavy atom. The quantitative estimate of drug-likeness (QED) is 0.745. The maximum absolute atomic E-state index is 9.25. The summed E-state index contributed by atoms with van der Waals surface area (Å²) in [6, 6.07) is 1.88. The first-order valence-electron chi connectivity index (χ1n) is 5.25. The van der Waals surface area contributed by atoms with E-state index in [0.717, 1.165) is 30.8 Å². The number of nitrogens with zero attached hydrogens (tertiary/aromatic N) is 2.